The molecule has 4 heteroatoms. The largest absolute Gasteiger partial charge is 0.457 e. The number of hydrogen-bond acceptors (Lipinski definition) is 2. The number of nitrogens with one attached hydrogen (secondary N) is 2. The van der Waals surface area contributed by atoms with Gasteiger partial charge in [0.25, 0.3) is 0 Å². The van der Waals surface area contributed by atoms with Crippen LogP contribution in [0.5, 0.6) is 11.5 Å². The number of hydrogen-bond donors (Lipinski definition) is 2. The molecule has 0 aromatic heterocycles. The summed E-state index contributed by atoms with van der Waals surface area (Å²) in [5.41, 5.74) is 2.17. The molecule has 0 amide bonds. The molecule has 0 aliphatic rings. The van der Waals surface area contributed by atoms with E-state index in [2.05, 4.69) is 24.5 Å². The second-order valence-electron chi connectivity index (χ2n) is 5.17. The summed E-state index contributed by atoms with van der Waals surface area (Å²) >= 11 is 5.25. The maximum atomic E-state index is 5.80. The zero-order valence-corrected chi connectivity index (χ0v) is 13.9. The van der Waals surface area contributed by atoms with Crippen molar-refractivity contribution in [3.8, 4) is 11.5 Å². The van der Waals surface area contributed by atoms with Gasteiger partial charge in [0.15, 0.2) is 5.11 Å². The zero-order chi connectivity index (χ0) is 15.8. The third-order valence-electron chi connectivity index (χ3n) is 3.18. The minimum absolute atomic E-state index is 0.653. The molecule has 3 nitrogen and oxygen atoms in total. The lowest BCUT2D eigenvalue weighted by Crippen LogP contribution is -2.29. The molecular formula is C18H22N2OS. The lowest BCUT2D eigenvalue weighted by molar-refractivity contribution is 0.482. The fraction of sp³-hybridized carbons (Fsp3) is 0.278. The van der Waals surface area contributed by atoms with Gasteiger partial charge in [-0.05, 0) is 62.0 Å². The highest BCUT2D eigenvalue weighted by molar-refractivity contribution is 7.80. The van der Waals surface area contributed by atoms with E-state index >= 15 is 0 Å². The van der Waals surface area contributed by atoms with E-state index in [4.69, 9.17) is 17.0 Å². The van der Waals surface area contributed by atoms with Gasteiger partial charge in [-0.25, -0.2) is 0 Å². The first-order valence-corrected chi connectivity index (χ1v) is 7.97. The van der Waals surface area contributed by atoms with Crippen LogP contribution in [-0.2, 0) is 0 Å². The highest BCUT2D eigenvalue weighted by Gasteiger charge is 2.00. The molecule has 116 valence electrons. The Morgan fingerprint density at radius 2 is 1.59 bits per heavy atom. The maximum absolute atomic E-state index is 5.80. The van der Waals surface area contributed by atoms with Gasteiger partial charge in [-0.3, -0.25) is 0 Å². The van der Waals surface area contributed by atoms with Crippen LogP contribution in [0, 0.1) is 6.92 Å². The summed E-state index contributed by atoms with van der Waals surface area (Å²) in [6.07, 6.45) is 2.27. The summed E-state index contributed by atoms with van der Waals surface area (Å²) < 4.78 is 5.80. The Morgan fingerprint density at radius 1 is 1.00 bits per heavy atom. The van der Waals surface area contributed by atoms with Crippen LogP contribution in [0.1, 0.15) is 25.3 Å². The average Bonchev–Trinajstić information content (AvgIpc) is 2.52. The molecule has 0 spiro atoms. The van der Waals surface area contributed by atoms with Gasteiger partial charge in [0.05, 0.1) is 0 Å². The summed E-state index contributed by atoms with van der Waals surface area (Å²) in [6.45, 7) is 5.11. The second-order valence-corrected chi connectivity index (χ2v) is 5.58. The van der Waals surface area contributed by atoms with Gasteiger partial charge in [0.1, 0.15) is 11.5 Å². The minimum Gasteiger partial charge on any atom is -0.457 e. The number of rotatable bonds is 6. The van der Waals surface area contributed by atoms with Crippen molar-refractivity contribution in [1.82, 2.24) is 5.32 Å². The van der Waals surface area contributed by atoms with Crippen molar-refractivity contribution in [3.63, 3.8) is 0 Å². The van der Waals surface area contributed by atoms with E-state index in [0.29, 0.717) is 5.11 Å². The lowest BCUT2D eigenvalue weighted by Gasteiger charge is -2.11. The molecule has 2 aromatic carbocycles. The smallest absolute Gasteiger partial charge is 0.170 e. The normalized spacial score (nSPS) is 10.1. The Kier molecular flexibility index (Phi) is 6.22. The summed E-state index contributed by atoms with van der Waals surface area (Å²) in [4.78, 5) is 0. The van der Waals surface area contributed by atoms with Crippen LogP contribution >= 0.6 is 12.2 Å². The fourth-order valence-electron chi connectivity index (χ4n) is 1.90. The maximum Gasteiger partial charge on any atom is 0.170 e. The predicted octanol–water partition coefficient (Wildman–Crippen LogP) is 4.87. The second kappa shape index (κ2) is 8.39. The summed E-state index contributed by atoms with van der Waals surface area (Å²) in [6, 6.07) is 15.8. The van der Waals surface area contributed by atoms with Gasteiger partial charge >= 0.3 is 0 Å². The van der Waals surface area contributed by atoms with Crippen LogP contribution in [0.25, 0.3) is 0 Å². The molecule has 0 fully saturated rings. The average molecular weight is 314 g/mol. The molecule has 0 aliphatic carbocycles. The molecule has 2 rings (SSSR count). The first kappa shape index (κ1) is 16.3. The first-order valence-electron chi connectivity index (χ1n) is 7.57. The van der Waals surface area contributed by atoms with Gasteiger partial charge in [0.2, 0.25) is 0 Å². The Bertz CT molecular complexity index is 593. The van der Waals surface area contributed by atoms with Crippen LogP contribution in [0.4, 0.5) is 5.69 Å². The number of unbranched alkanes of at least 4 members (excludes halogenated alkanes) is 1. The molecule has 0 atom stereocenters. The molecule has 0 unspecified atom stereocenters. The standard InChI is InChI=1S/C18H22N2OS/c1-3-4-13-19-18(22)20-15-7-11-17(12-8-15)21-16-9-5-14(2)6-10-16/h5-12H,3-4,13H2,1-2H3,(H2,19,20,22). The monoisotopic (exact) mass is 314 g/mol. The molecule has 0 heterocycles. The molecule has 0 radical (unpaired) electrons. The van der Waals surface area contributed by atoms with Gasteiger partial charge in [-0.1, -0.05) is 31.0 Å². The topological polar surface area (TPSA) is 33.3 Å². The van der Waals surface area contributed by atoms with E-state index in [9.17, 15) is 0 Å². The molecule has 0 bridgehead atoms. The molecule has 0 aliphatic heterocycles. The minimum atomic E-state index is 0.653. The van der Waals surface area contributed by atoms with Crippen molar-refractivity contribution in [1.29, 1.82) is 0 Å². The van der Waals surface area contributed by atoms with Crippen LogP contribution in [0.3, 0.4) is 0 Å². The van der Waals surface area contributed by atoms with Crippen molar-refractivity contribution in [2.45, 2.75) is 26.7 Å². The van der Waals surface area contributed by atoms with Crippen molar-refractivity contribution < 1.29 is 4.74 Å². The molecule has 2 aromatic rings. The van der Waals surface area contributed by atoms with Crippen molar-refractivity contribution in [3.05, 3.63) is 54.1 Å². The van der Waals surface area contributed by atoms with E-state index in [1.165, 1.54) is 5.56 Å². The van der Waals surface area contributed by atoms with Crippen LogP contribution in [0.2, 0.25) is 0 Å². The zero-order valence-electron chi connectivity index (χ0n) is 13.1. The summed E-state index contributed by atoms with van der Waals surface area (Å²) in [7, 11) is 0. The molecule has 2 N–H and O–H groups in total. The highest BCUT2D eigenvalue weighted by atomic mass is 32.1. The van der Waals surface area contributed by atoms with E-state index in [0.717, 1.165) is 36.6 Å². The van der Waals surface area contributed by atoms with Gasteiger partial charge < -0.3 is 15.4 Å². The van der Waals surface area contributed by atoms with Crippen LogP contribution in [-0.4, -0.2) is 11.7 Å². The number of benzene rings is 2. The highest BCUT2D eigenvalue weighted by Crippen LogP contribution is 2.23. The van der Waals surface area contributed by atoms with Crippen molar-refractivity contribution in [2.24, 2.45) is 0 Å². The third-order valence-corrected chi connectivity index (χ3v) is 3.43. The number of thiocarbonyl (C=S) groups is 1. The Hall–Kier alpha value is -2.07. The Balaban J connectivity index is 1.87. The van der Waals surface area contributed by atoms with E-state index in [1.807, 2.05) is 48.5 Å². The van der Waals surface area contributed by atoms with Crippen LogP contribution < -0.4 is 15.4 Å². The fourth-order valence-corrected chi connectivity index (χ4v) is 2.12. The Labute approximate surface area is 137 Å². The predicted molar refractivity (Wildman–Crippen MR) is 96.8 cm³/mol. The lowest BCUT2D eigenvalue weighted by atomic mass is 10.2. The summed E-state index contributed by atoms with van der Waals surface area (Å²) in [5.74, 6) is 1.64. The first-order chi connectivity index (χ1) is 10.7. The molecular weight excluding hydrogens is 292 g/mol. The quantitative estimate of drug-likeness (QED) is 0.588. The summed E-state index contributed by atoms with van der Waals surface area (Å²) in [5, 5.41) is 7.00. The van der Waals surface area contributed by atoms with E-state index in [1.54, 1.807) is 0 Å². The number of aryl methyl sites for hydroxylation is 1. The van der Waals surface area contributed by atoms with Crippen LogP contribution in [0.15, 0.2) is 48.5 Å². The number of anilines is 1. The van der Waals surface area contributed by atoms with Gasteiger partial charge in [-0.2, -0.15) is 0 Å². The van der Waals surface area contributed by atoms with Crippen molar-refractivity contribution >= 4 is 23.0 Å². The number of ether oxygens (including phenoxy) is 1. The van der Waals surface area contributed by atoms with Crippen molar-refractivity contribution in [2.75, 3.05) is 11.9 Å². The molecule has 0 saturated heterocycles. The van der Waals surface area contributed by atoms with Gasteiger partial charge in [-0.15, -0.1) is 0 Å². The van der Waals surface area contributed by atoms with Gasteiger partial charge in [0, 0.05) is 12.2 Å². The third kappa shape index (κ3) is 5.37. The molecule has 22 heavy (non-hydrogen) atoms. The Morgan fingerprint density at radius 3 is 2.18 bits per heavy atom. The SMILES string of the molecule is CCCCNC(=S)Nc1ccc(Oc2ccc(C)cc2)cc1. The molecule has 0 saturated carbocycles. The van der Waals surface area contributed by atoms with E-state index < -0.39 is 0 Å². The van der Waals surface area contributed by atoms with E-state index in [-0.39, 0.29) is 0 Å².